The van der Waals surface area contributed by atoms with E-state index in [4.69, 9.17) is 5.14 Å². The summed E-state index contributed by atoms with van der Waals surface area (Å²) in [5.74, 6) is -1.40. The molecule has 0 aliphatic rings. The topological polar surface area (TPSA) is 89.3 Å². The molecule has 0 saturated carbocycles. The maximum Gasteiger partial charge on any atom is 0.315 e. The second-order valence-electron chi connectivity index (χ2n) is 2.78. The largest absolute Gasteiger partial charge is 0.346 e. The van der Waals surface area contributed by atoms with Gasteiger partial charge >= 0.3 is 6.43 Å². The summed E-state index contributed by atoms with van der Waals surface area (Å²) in [5.41, 5.74) is 0. The number of thiophene rings is 1. The van der Waals surface area contributed by atoms with E-state index in [0.29, 0.717) is 4.88 Å². The van der Waals surface area contributed by atoms with Crippen molar-refractivity contribution in [3.63, 3.8) is 0 Å². The van der Waals surface area contributed by atoms with Crippen molar-refractivity contribution in [3.8, 4) is 0 Å². The van der Waals surface area contributed by atoms with Crippen molar-refractivity contribution >= 4 is 27.3 Å². The Morgan fingerprint density at radius 1 is 1.50 bits per heavy atom. The van der Waals surface area contributed by atoms with Crippen LogP contribution in [0.15, 0.2) is 16.3 Å². The molecule has 0 atom stereocenters. The van der Waals surface area contributed by atoms with Crippen molar-refractivity contribution < 1.29 is 22.0 Å². The quantitative estimate of drug-likeness (QED) is 0.823. The van der Waals surface area contributed by atoms with Crippen molar-refractivity contribution in [3.05, 3.63) is 17.0 Å². The maximum atomic E-state index is 11.8. The van der Waals surface area contributed by atoms with Crippen LogP contribution in [0.25, 0.3) is 0 Å². The molecule has 90 valence electrons. The van der Waals surface area contributed by atoms with Gasteiger partial charge in [0.25, 0.3) is 5.91 Å². The van der Waals surface area contributed by atoms with Crippen LogP contribution in [0.4, 0.5) is 8.78 Å². The Balaban J connectivity index is 2.64. The van der Waals surface area contributed by atoms with Crippen LogP contribution in [0.2, 0.25) is 0 Å². The van der Waals surface area contributed by atoms with Gasteiger partial charge in [-0.25, -0.2) is 13.6 Å². The molecule has 0 unspecified atom stereocenters. The fourth-order valence-electron chi connectivity index (χ4n) is 0.858. The molecule has 0 aliphatic heterocycles. The predicted molar refractivity (Wildman–Crippen MR) is 53.5 cm³/mol. The number of carbonyl (C=O) groups excluding carboxylic acids is 1. The zero-order valence-corrected chi connectivity index (χ0v) is 9.45. The van der Waals surface area contributed by atoms with Gasteiger partial charge in [0.05, 0.1) is 6.54 Å². The lowest BCUT2D eigenvalue weighted by Crippen LogP contribution is -2.28. The zero-order valence-electron chi connectivity index (χ0n) is 7.81. The van der Waals surface area contributed by atoms with E-state index in [1.54, 1.807) is 0 Å². The third kappa shape index (κ3) is 3.51. The molecule has 1 aromatic heterocycles. The monoisotopic (exact) mass is 270 g/mol. The second kappa shape index (κ2) is 4.85. The molecule has 5 nitrogen and oxygen atoms in total. The molecule has 1 heterocycles. The predicted octanol–water partition coefficient (Wildman–Crippen LogP) is 0.277. The summed E-state index contributed by atoms with van der Waals surface area (Å²) >= 11 is 0.821. The van der Waals surface area contributed by atoms with E-state index in [-0.39, 0.29) is 10.8 Å². The SMILES string of the molecule is NS(=O)(=O)c1ccc(CNC(=O)C(F)F)s1. The van der Waals surface area contributed by atoms with Crippen molar-refractivity contribution in [1.82, 2.24) is 5.32 Å². The Bertz CT molecular complexity index is 484. The van der Waals surface area contributed by atoms with Crippen molar-refractivity contribution in [2.45, 2.75) is 17.2 Å². The van der Waals surface area contributed by atoms with E-state index in [0.717, 1.165) is 11.3 Å². The fourth-order valence-corrected chi connectivity index (χ4v) is 2.58. The van der Waals surface area contributed by atoms with E-state index in [1.807, 2.05) is 5.32 Å². The third-order valence-corrected chi connectivity index (χ3v) is 4.08. The van der Waals surface area contributed by atoms with E-state index in [9.17, 15) is 22.0 Å². The van der Waals surface area contributed by atoms with Crippen LogP contribution in [0.5, 0.6) is 0 Å². The molecule has 0 radical (unpaired) electrons. The summed E-state index contributed by atoms with van der Waals surface area (Å²) in [6.07, 6.45) is -3.09. The molecule has 0 bridgehead atoms. The number of rotatable bonds is 4. The Labute approximate surface area is 94.3 Å². The number of hydrogen-bond acceptors (Lipinski definition) is 4. The molecule has 0 spiro atoms. The smallest absolute Gasteiger partial charge is 0.315 e. The molecule has 9 heteroatoms. The van der Waals surface area contributed by atoms with Crippen molar-refractivity contribution in [2.24, 2.45) is 5.14 Å². The zero-order chi connectivity index (χ0) is 12.3. The number of alkyl halides is 2. The molecule has 0 saturated heterocycles. The first-order chi connectivity index (χ1) is 7.30. The highest BCUT2D eigenvalue weighted by atomic mass is 32.2. The minimum absolute atomic E-state index is 0.0752. The van der Waals surface area contributed by atoms with Gasteiger partial charge in [-0.15, -0.1) is 11.3 Å². The summed E-state index contributed by atoms with van der Waals surface area (Å²) in [6, 6.07) is 2.65. The Hall–Kier alpha value is -1.06. The Morgan fingerprint density at radius 2 is 2.12 bits per heavy atom. The number of sulfonamides is 1. The molecule has 3 N–H and O–H groups in total. The summed E-state index contributed by atoms with van der Waals surface area (Å²) in [6.45, 7) is -0.149. The number of hydrogen-bond donors (Lipinski definition) is 2. The molecule has 1 aromatic rings. The summed E-state index contributed by atoms with van der Waals surface area (Å²) in [5, 5.41) is 6.80. The summed E-state index contributed by atoms with van der Waals surface area (Å²) in [4.78, 5) is 10.9. The molecule has 0 aliphatic carbocycles. The lowest BCUT2D eigenvalue weighted by atomic mass is 10.4. The van der Waals surface area contributed by atoms with Gasteiger partial charge in [0.15, 0.2) is 0 Å². The van der Waals surface area contributed by atoms with E-state index in [1.165, 1.54) is 12.1 Å². The average molecular weight is 270 g/mol. The summed E-state index contributed by atoms with van der Waals surface area (Å²) in [7, 11) is -3.78. The standard InChI is InChI=1S/C7H8F2N2O3S2/c8-6(9)7(12)11-3-4-1-2-5(15-4)16(10,13)14/h1-2,6H,3H2,(H,11,12)(H2,10,13,14). The Morgan fingerprint density at radius 3 is 2.56 bits per heavy atom. The molecule has 1 rings (SSSR count). The molecular weight excluding hydrogens is 262 g/mol. The number of primary sulfonamides is 1. The lowest BCUT2D eigenvalue weighted by Gasteiger charge is -2.01. The van der Waals surface area contributed by atoms with E-state index >= 15 is 0 Å². The minimum Gasteiger partial charge on any atom is -0.346 e. The Kier molecular flexibility index (Phi) is 3.94. The van der Waals surface area contributed by atoms with E-state index < -0.39 is 22.4 Å². The van der Waals surface area contributed by atoms with Crippen LogP contribution in [0.3, 0.4) is 0 Å². The van der Waals surface area contributed by atoms with Gasteiger partial charge in [0.2, 0.25) is 10.0 Å². The number of carbonyl (C=O) groups is 1. The van der Waals surface area contributed by atoms with Gasteiger partial charge in [0, 0.05) is 4.88 Å². The van der Waals surface area contributed by atoms with Crippen LogP contribution >= 0.6 is 11.3 Å². The highest BCUT2D eigenvalue weighted by Crippen LogP contribution is 2.19. The highest BCUT2D eigenvalue weighted by Gasteiger charge is 2.15. The minimum atomic E-state index is -3.78. The van der Waals surface area contributed by atoms with Crippen LogP contribution in [-0.4, -0.2) is 20.8 Å². The second-order valence-corrected chi connectivity index (χ2v) is 5.74. The van der Waals surface area contributed by atoms with E-state index in [2.05, 4.69) is 0 Å². The number of halogens is 2. The highest BCUT2D eigenvalue weighted by molar-refractivity contribution is 7.91. The fraction of sp³-hybridized carbons (Fsp3) is 0.286. The van der Waals surface area contributed by atoms with Crippen molar-refractivity contribution in [1.29, 1.82) is 0 Å². The maximum absolute atomic E-state index is 11.8. The first kappa shape index (κ1) is 13.0. The van der Waals surface area contributed by atoms with Gasteiger partial charge in [0.1, 0.15) is 4.21 Å². The van der Waals surface area contributed by atoms with Gasteiger partial charge in [-0.05, 0) is 12.1 Å². The number of nitrogens with one attached hydrogen (secondary N) is 1. The molecule has 0 aromatic carbocycles. The first-order valence-electron chi connectivity index (χ1n) is 3.98. The normalized spacial score (nSPS) is 11.8. The molecule has 1 amide bonds. The number of amides is 1. The van der Waals surface area contributed by atoms with Crippen LogP contribution < -0.4 is 10.5 Å². The molecular formula is C7H8F2N2O3S2. The van der Waals surface area contributed by atoms with Gasteiger partial charge in [-0.3, -0.25) is 4.79 Å². The molecule has 16 heavy (non-hydrogen) atoms. The lowest BCUT2D eigenvalue weighted by molar-refractivity contribution is -0.131. The molecule has 0 fully saturated rings. The van der Waals surface area contributed by atoms with Crippen LogP contribution in [-0.2, 0) is 21.4 Å². The third-order valence-electron chi connectivity index (χ3n) is 1.55. The summed E-state index contributed by atoms with van der Waals surface area (Å²) < 4.78 is 45.3. The van der Waals surface area contributed by atoms with Gasteiger partial charge in [-0.1, -0.05) is 0 Å². The van der Waals surface area contributed by atoms with Crippen LogP contribution in [0.1, 0.15) is 4.88 Å². The average Bonchev–Trinajstić information content (AvgIpc) is 2.61. The number of nitrogens with two attached hydrogens (primary N) is 1. The van der Waals surface area contributed by atoms with Crippen molar-refractivity contribution in [2.75, 3.05) is 0 Å². The van der Waals surface area contributed by atoms with Gasteiger partial charge in [-0.2, -0.15) is 8.78 Å². The van der Waals surface area contributed by atoms with Crippen LogP contribution in [0, 0.1) is 0 Å². The van der Waals surface area contributed by atoms with Gasteiger partial charge < -0.3 is 5.32 Å². The first-order valence-corrected chi connectivity index (χ1v) is 6.34.